The largest absolute Gasteiger partial charge is 0.379 e. The van der Waals surface area contributed by atoms with Crippen LogP contribution in [0, 0.1) is 0 Å². The number of halogens is 1. The van der Waals surface area contributed by atoms with Gasteiger partial charge < -0.3 is 9.30 Å². The number of nitrogens with zero attached hydrogens (tertiary/aromatic N) is 3. The molecule has 1 N–H and O–H groups in total. The molecule has 0 bridgehead atoms. The molecular formula is C29H27BrN4O2. The minimum absolute atomic E-state index is 0.134. The Morgan fingerprint density at radius 3 is 2.22 bits per heavy atom. The van der Waals surface area contributed by atoms with Crippen LogP contribution < -0.4 is 5.43 Å². The monoisotopic (exact) mass is 542 g/mol. The zero-order valence-electron chi connectivity index (χ0n) is 19.8. The highest BCUT2D eigenvalue weighted by Gasteiger charge is 2.19. The van der Waals surface area contributed by atoms with E-state index in [4.69, 9.17) is 4.74 Å². The van der Waals surface area contributed by atoms with E-state index in [1.807, 2.05) is 48.5 Å². The van der Waals surface area contributed by atoms with Crippen LogP contribution in [0.15, 0.2) is 101 Å². The number of hydrogen-bond donors (Lipinski definition) is 1. The Hall–Kier alpha value is -3.52. The number of ether oxygens (including phenoxy) is 1. The van der Waals surface area contributed by atoms with E-state index in [0.717, 1.165) is 51.3 Å². The van der Waals surface area contributed by atoms with E-state index in [-0.39, 0.29) is 5.91 Å². The number of amides is 1. The van der Waals surface area contributed by atoms with Gasteiger partial charge in [0.25, 0.3) is 5.91 Å². The van der Waals surface area contributed by atoms with Gasteiger partial charge in [0.05, 0.1) is 37.4 Å². The SMILES string of the molecule is O=C(CN1CCOCC1)N/N=C\c1cc(-c2ccccc2)n(-c2ccc(Br)cc2)c1-c1ccccc1. The molecular weight excluding hydrogens is 516 g/mol. The second kappa shape index (κ2) is 11.5. The molecule has 0 atom stereocenters. The molecule has 1 fully saturated rings. The Bertz CT molecular complexity index is 1330. The second-order valence-electron chi connectivity index (χ2n) is 8.56. The molecule has 36 heavy (non-hydrogen) atoms. The van der Waals surface area contributed by atoms with Crippen molar-refractivity contribution in [2.24, 2.45) is 5.10 Å². The van der Waals surface area contributed by atoms with Crippen molar-refractivity contribution in [1.29, 1.82) is 0 Å². The van der Waals surface area contributed by atoms with Gasteiger partial charge >= 0.3 is 0 Å². The molecule has 0 unspecified atom stereocenters. The smallest absolute Gasteiger partial charge is 0.254 e. The van der Waals surface area contributed by atoms with Gasteiger partial charge in [0.15, 0.2) is 0 Å². The lowest BCUT2D eigenvalue weighted by atomic mass is 10.1. The van der Waals surface area contributed by atoms with Crippen LogP contribution in [0.1, 0.15) is 5.56 Å². The van der Waals surface area contributed by atoms with Crippen molar-refractivity contribution < 1.29 is 9.53 Å². The molecule has 1 aliphatic rings. The summed E-state index contributed by atoms with van der Waals surface area (Å²) in [6.45, 7) is 3.13. The number of carbonyl (C=O) groups is 1. The van der Waals surface area contributed by atoms with Crippen molar-refractivity contribution in [3.63, 3.8) is 0 Å². The van der Waals surface area contributed by atoms with Gasteiger partial charge in [0, 0.05) is 28.8 Å². The third-order valence-electron chi connectivity index (χ3n) is 6.10. The van der Waals surface area contributed by atoms with E-state index < -0.39 is 0 Å². The van der Waals surface area contributed by atoms with Crippen LogP contribution >= 0.6 is 15.9 Å². The molecule has 0 radical (unpaired) electrons. The molecule has 5 rings (SSSR count). The molecule has 7 heteroatoms. The topological polar surface area (TPSA) is 58.9 Å². The fourth-order valence-corrected chi connectivity index (χ4v) is 4.64. The summed E-state index contributed by atoms with van der Waals surface area (Å²) in [6, 6.07) is 30.9. The third kappa shape index (κ3) is 5.65. The van der Waals surface area contributed by atoms with Gasteiger partial charge in [0.2, 0.25) is 0 Å². The van der Waals surface area contributed by atoms with Crippen LogP contribution in [-0.2, 0) is 9.53 Å². The first-order valence-electron chi connectivity index (χ1n) is 11.9. The third-order valence-corrected chi connectivity index (χ3v) is 6.62. The van der Waals surface area contributed by atoms with Crippen molar-refractivity contribution in [2.45, 2.75) is 0 Å². The summed E-state index contributed by atoms with van der Waals surface area (Å²) in [5, 5.41) is 4.35. The van der Waals surface area contributed by atoms with Crippen LogP contribution in [0.25, 0.3) is 28.2 Å². The Labute approximate surface area is 219 Å². The van der Waals surface area contributed by atoms with Gasteiger partial charge in [-0.15, -0.1) is 0 Å². The van der Waals surface area contributed by atoms with Crippen molar-refractivity contribution in [1.82, 2.24) is 14.9 Å². The normalized spacial score (nSPS) is 14.2. The predicted octanol–water partition coefficient (Wildman–Crippen LogP) is 5.36. The van der Waals surface area contributed by atoms with Gasteiger partial charge in [-0.05, 0) is 41.5 Å². The molecule has 6 nitrogen and oxygen atoms in total. The first kappa shape index (κ1) is 24.2. The van der Waals surface area contributed by atoms with Crippen LogP contribution in [0.3, 0.4) is 0 Å². The fourth-order valence-electron chi connectivity index (χ4n) is 4.37. The number of aromatic nitrogens is 1. The Balaban J connectivity index is 1.54. The summed E-state index contributed by atoms with van der Waals surface area (Å²) in [7, 11) is 0. The van der Waals surface area contributed by atoms with Crippen LogP contribution in [0.4, 0.5) is 0 Å². The van der Waals surface area contributed by atoms with Gasteiger partial charge in [-0.25, -0.2) is 5.43 Å². The summed E-state index contributed by atoms with van der Waals surface area (Å²) in [5.74, 6) is -0.134. The maximum Gasteiger partial charge on any atom is 0.254 e. The minimum Gasteiger partial charge on any atom is -0.379 e. The molecule has 0 saturated carbocycles. The van der Waals surface area contributed by atoms with Gasteiger partial charge in [-0.1, -0.05) is 76.6 Å². The standard InChI is InChI=1S/C29H27BrN4O2/c30-25-11-13-26(14-12-25)34-27(22-7-3-1-4-8-22)19-24(29(34)23-9-5-2-6-10-23)20-31-32-28(35)21-33-15-17-36-18-16-33/h1-14,19-20H,15-18,21H2,(H,32,35)/b31-20-. The molecule has 2 heterocycles. The number of nitrogens with one attached hydrogen (secondary N) is 1. The first-order valence-corrected chi connectivity index (χ1v) is 12.7. The quantitative estimate of drug-likeness (QED) is 0.253. The fraction of sp³-hybridized carbons (Fsp3) is 0.172. The Kier molecular flexibility index (Phi) is 7.71. The van der Waals surface area contributed by atoms with E-state index in [2.05, 4.69) is 78.4 Å². The summed E-state index contributed by atoms with van der Waals surface area (Å²) in [6.07, 6.45) is 1.74. The van der Waals surface area contributed by atoms with Gasteiger partial charge in [-0.3, -0.25) is 9.69 Å². The number of hydrazone groups is 1. The first-order chi connectivity index (χ1) is 17.7. The summed E-state index contributed by atoms with van der Waals surface area (Å²) in [5.41, 5.74) is 8.84. The zero-order valence-corrected chi connectivity index (χ0v) is 21.4. The number of morpholine rings is 1. The molecule has 0 spiro atoms. The number of benzene rings is 3. The van der Waals surface area contributed by atoms with Crippen molar-refractivity contribution >= 4 is 28.1 Å². The zero-order chi connectivity index (χ0) is 24.7. The van der Waals surface area contributed by atoms with E-state index in [0.29, 0.717) is 19.8 Å². The van der Waals surface area contributed by atoms with Crippen LogP contribution in [0.2, 0.25) is 0 Å². The average Bonchev–Trinajstić information content (AvgIpc) is 3.30. The predicted molar refractivity (Wildman–Crippen MR) is 147 cm³/mol. The van der Waals surface area contributed by atoms with Gasteiger partial charge in [0.1, 0.15) is 0 Å². The molecule has 4 aromatic rings. The van der Waals surface area contributed by atoms with Gasteiger partial charge in [-0.2, -0.15) is 5.10 Å². The lowest BCUT2D eigenvalue weighted by Gasteiger charge is -2.25. The molecule has 1 aliphatic heterocycles. The van der Waals surface area contributed by atoms with Crippen molar-refractivity contribution in [2.75, 3.05) is 32.8 Å². The summed E-state index contributed by atoms with van der Waals surface area (Å²) >= 11 is 3.55. The molecule has 182 valence electrons. The molecule has 1 amide bonds. The highest BCUT2D eigenvalue weighted by Crippen LogP contribution is 2.35. The Morgan fingerprint density at radius 2 is 1.56 bits per heavy atom. The number of hydrogen-bond acceptors (Lipinski definition) is 4. The van der Waals surface area contributed by atoms with Crippen LogP contribution in [0.5, 0.6) is 0 Å². The molecule has 1 saturated heterocycles. The summed E-state index contributed by atoms with van der Waals surface area (Å²) < 4.78 is 8.62. The second-order valence-corrected chi connectivity index (χ2v) is 9.47. The molecule has 3 aromatic carbocycles. The lowest BCUT2D eigenvalue weighted by molar-refractivity contribution is -0.123. The molecule has 0 aliphatic carbocycles. The highest BCUT2D eigenvalue weighted by atomic mass is 79.9. The van der Waals surface area contributed by atoms with E-state index >= 15 is 0 Å². The lowest BCUT2D eigenvalue weighted by Crippen LogP contribution is -2.42. The number of carbonyl (C=O) groups excluding carboxylic acids is 1. The van der Waals surface area contributed by atoms with E-state index in [1.54, 1.807) is 6.21 Å². The Morgan fingerprint density at radius 1 is 0.917 bits per heavy atom. The average molecular weight is 543 g/mol. The van der Waals surface area contributed by atoms with Crippen LogP contribution in [-0.4, -0.2) is 54.4 Å². The maximum absolute atomic E-state index is 12.5. The maximum atomic E-state index is 12.5. The van der Waals surface area contributed by atoms with Crippen molar-refractivity contribution in [3.8, 4) is 28.2 Å². The van der Waals surface area contributed by atoms with E-state index in [1.165, 1.54) is 0 Å². The summed E-state index contributed by atoms with van der Waals surface area (Å²) in [4.78, 5) is 14.6. The molecule has 1 aromatic heterocycles. The van der Waals surface area contributed by atoms with Crippen molar-refractivity contribution in [3.05, 3.63) is 101 Å². The van der Waals surface area contributed by atoms with E-state index in [9.17, 15) is 4.79 Å². The number of rotatable bonds is 7. The highest BCUT2D eigenvalue weighted by molar-refractivity contribution is 9.10. The minimum atomic E-state index is -0.134.